The van der Waals surface area contributed by atoms with Crippen molar-refractivity contribution in [2.45, 2.75) is 32.7 Å². The second-order valence-corrected chi connectivity index (χ2v) is 10.0. The molecular formula is C26H23ClN2O5S. The number of aromatic nitrogens is 1. The number of nitrogens with zero attached hydrogens (tertiary/aromatic N) is 2. The fourth-order valence-corrected chi connectivity index (χ4v) is 5.50. The number of hydrogen-bond acceptors (Lipinski definition) is 7. The van der Waals surface area contributed by atoms with Gasteiger partial charge in [-0.2, -0.15) is 0 Å². The Bertz CT molecular complexity index is 1550. The first kappa shape index (κ1) is 23.4. The molecule has 7 nitrogen and oxygen atoms in total. The van der Waals surface area contributed by atoms with Crippen LogP contribution >= 0.6 is 22.9 Å². The van der Waals surface area contributed by atoms with E-state index in [1.165, 1.54) is 24.0 Å². The van der Waals surface area contributed by atoms with Gasteiger partial charge in [-0.05, 0) is 41.7 Å². The van der Waals surface area contributed by atoms with Crippen molar-refractivity contribution in [2.24, 2.45) is 4.99 Å². The van der Waals surface area contributed by atoms with Crippen molar-refractivity contribution in [3.8, 4) is 11.5 Å². The highest BCUT2D eigenvalue weighted by molar-refractivity contribution is 7.07. The largest absolute Gasteiger partial charge is 0.466 e. The second-order valence-electron chi connectivity index (χ2n) is 8.62. The molecule has 0 fully saturated rings. The molecule has 0 saturated carbocycles. The summed E-state index contributed by atoms with van der Waals surface area (Å²) in [6, 6.07) is 10.7. The van der Waals surface area contributed by atoms with Gasteiger partial charge >= 0.3 is 5.97 Å². The number of thiazole rings is 1. The van der Waals surface area contributed by atoms with E-state index in [2.05, 4.69) is 18.8 Å². The first-order chi connectivity index (χ1) is 16.8. The van der Waals surface area contributed by atoms with Gasteiger partial charge in [-0.1, -0.05) is 61.1 Å². The number of halogens is 1. The summed E-state index contributed by atoms with van der Waals surface area (Å²) in [5.41, 5.74) is 3.18. The number of rotatable bonds is 4. The molecule has 2 aliphatic rings. The smallest absolute Gasteiger partial charge is 0.338 e. The summed E-state index contributed by atoms with van der Waals surface area (Å²) < 4.78 is 17.9. The number of carbonyl (C=O) groups excluding carboxylic acids is 1. The van der Waals surface area contributed by atoms with Crippen LogP contribution in [0.25, 0.3) is 6.08 Å². The number of benzene rings is 2. The van der Waals surface area contributed by atoms with Crippen LogP contribution < -0.4 is 24.4 Å². The average molecular weight is 511 g/mol. The van der Waals surface area contributed by atoms with Gasteiger partial charge in [-0.15, -0.1) is 0 Å². The molecular weight excluding hydrogens is 488 g/mol. The van der Waals surface area contributed by atoms with Gasteiger partial charge in [0.2, 0.25) is 6.79 Å². The van der Waals surface area contributed by atoms with E-state index in [1.807, 2.05) is 24.3 Å². The number of allylic oxidation sites excluding steroid dienone is 1. The Labute approximate surface area is 210 Å². The molecule has 0 saturated heterocycles. The molecule has 0 spiro atoms. The summed E-state index contributed by atoms with van der Waals surface area (Å²) in [7, 11) is 1.33. The predicted octanol–water partition coefficient (Wildman–Crippen LogP) is 3.91. The van der Waals surface area contributed by atoms with E-state index in [0.717, 1.165) is 5.56 Å². The van der Waals surface area contributed by atoms with E-state index >= 15 is 0 Å². The zero-order valence-electron chi connectivity index (χ0n) is 19.6. The van der Waals surface area contributed by atoms with Gasteiger partial charge < -0.3 is 14.2 Å². The third-order valence-corrected chi connectivity index (χ3v) is 7.43. The van der Waals surface area contributed by atoms with E-state index in [0.29, 0.717) is 48.6 Å². The van der Waals surface area contributed by atoms with Gasteiger partial charge in [0.1, 0.15) is 0 Å². The summed E-state index contributed by atoms with van der Waals surface area (Å²) in [6.07, 6.45) is 1.71. The van der Waals surface area contributed by atoms with Crippen LogP contribution in [0.4, 0.5) is 0 Å². The Balaban J connectivity index is 1.70. The van der Waals surface area contributed by atoms with E-state index in [4.69, 9.17) is 25.8 Å². The lowest BCUT2D eigenvalue weighted by molar-refractivity contribution is -0.136. The molecule has 1 unspecified atom stereocenters. The summed E-state index contributed by atoms with van der Waals surface area (Å²) in [5.74, 6) is 0.976. The Morgan fingerprint density at radius 2 is 1.91 bits per heavy atom. The van der Waals surface area contributed by atoms with Crippen LogP contribution in [-0.4, -0.2) is 24.4 Å². The number of fused-ring (bicyclic) bond motifs is 2. The summed E-state index contributed by atoms with van der Waals surface area (Å²) in [5, 5.41) is 0.437. The van der Waals surface area contributed by atoms with Crippen LogP contribution in [0.1, 0.15) is 49.4 Å². The molecule has 0 bridgehead atoms. The van der Waals surface area contributed by atoms with Crippen molar-refractivity contribution in [1.82, 2.24) is 4.57 Å². The maximum Gasteiger partial charge on any atom is 0.338 e. The Morgan fingerprint density at radius 1 is 1.23 bits per heavy atom. The molecule has 180 valence electrons. The van der Waals surface area contributed by atoms with E-state index in [9.17, 15) is 9.59 Å². The fraction of sp³-hybridized carbons (Fsp3) is 0.269. The van der Waals surface area contributed by atoms with E-state index in [1.54, 1.807) is 29.7 Å². The number of methoxy groups -OCH3 is 1. The first-order valence-corrected chi connectivity index (χ1v) is 12.3. The van der Waals surface area contributed by atoms with Crippen LogP contribution in [0.2, 0.25) is 5.02 Å². The average Bonchev–Trinajstić information content (AvgIpc) is 3.41. The maximum absolute atomic E-state index is 13.7. The van der Waals surface area contributed by atoms with Crippen molar-refractivity contribution in [3.05, 3.63) is 89.1 Å². The minimum Gasteiger partial charge on any atom is -0.466 e. The molecule has 0 aliphatic carbocycles. The minimum absolute atomic E-state index is 0.127. The van der Waals surface area contributed by atoms with Crippen molar-refractivity contribution < 1.29 is 19.0 Å². The highest BCUT2D eigenvalue weighted by atomic mass is 35.5. The molecule has 3 heterocycles. The topological polar surface area (TPSA) is 79.1 Å². The van der Waals surface area contributed by atoms with Gasteiger partial charge in [0.25, 0.3) is 5.56 Å². The lowest BCUT2D eigenvalue weighted by atomic mass is 9.93. The lowest BCUT2D eigenvalue weighted by Gasteiger charge is -2.24. The quantitative estimate of drug-likeness (QED) is 0.497. The van der Waals surface area contributed by atoms with Crippen molar-refractivity contribution >= 4 is 35.0 Å². The van der Waals surface area contributed by atoms with E-state index in [-0.39, 0.29) is 12.4 Å². The molecule has 2 aliphatic heterocycles. The second kappa shape index (κ2) is 9.02. The van der Waals surface area contributed by atoms with Gasteiger partial charge in [-0.25, -0.2) is 9.79 Å². The number of esters is 1. The molecule has 1 atom stereocenters. The van der Waals surface area contributed by atoms with E-state index < -0.39 is 12.0 Å². The Kier molecular flexibility index (Phi) is 6.02. The molecule has 9 heteroatoms. The van der Waals surface area contributed by atoms with Crippen LogP contribution in [-0.2, 0) is 9.53 Å². The summed E-state index contributed by atoms with van der Waals surface area (Å²) >= 11 is 7.69. The molecule has 0 radical (unpaired) electrons. The SMILES string of the molecule is COC(=O)C1=C(C)N=c2s/c(=C\c3cc4c(cc3Cl)OCO4)c(=O)n2C1c1ccc(C(C)C)cc1. The lowest BCUT2D eigenvalue weighted by Crippen LogP contribution is -2.39. The highest BCUT2D eigenvalue weighted by Crippen LogP contribution is 2.37. The molecule has 35 heavy (non-hydrogen) atoms. The normalized spacial score (nSPS) is 17.0. The van der Waals surface area contributed by atoms with Crippen molar-refractivity contribution in [2.75, 3.05) is 13.9 Å². The zero-order valence-corrected chi connectivity index (χ0v) is 21.2. The number of hydrogen-bond donors (Lipinski definition) is 0. The van der Waals surface area contributed by atoms with Crippen LogP contribution in [0.15, 0.2) is 57.5 Å². The van der Waals surface area contributed by atoms with Crippen LogP contribution in [0.5, 0.6) is 11.5 Å². The number of ether oxygens (including phenoxy) is 3. The Morgan fingerprint density at radius 3 is 2.57 bits per heavy atom. The monoisotopic (exact) mass is 510 g/mol. The van der Waals surface area contributed by atoms with Crippen molar-refractivity contribution in [3.63, 3.8) is 0 Å². The fourth-order valence-electron chi connectivity index (χ4n) is 4.26. The summed E-state index contributed by atoms with van der Waals surface area (Å²) in [6.45, 7) is 6.11. The molecule has 0 N–H and O–H groups in total. The Hall–Kier alpha value is -3.36. The third-order valence-electron chi connectivity index (χ3n) is 6.12. The predicted molar refractivity (Wildman–Crippen MR) is 134 cm³/mol. The molecule has 0 amide bonds. The third kappa shape index (κ3) is 4.06. The molecule has 3 aromatic rings. The standard InChI is InChI=1S/C26H23ClN2O5S/c1-13(2)15-5-7-16(8-6-15)23-22(25(31)32-4)14(3)28-26-29(23)24(30)21(35-26)10-17-9-19-20(11-18(17)27)34-12-33-19/h5-11,13,23H,12H2,1-4H3/b21-10-. The first-order valence-electron chi connectivity index (χ1n) is 11.1. The van der Waals surface area contributed by atoms with Gasteiger partial charge in [-0.3, -0.25) is 9.36 Å². The van der Waals surface area contributed by atoms with Gasteiger partial charge in [0.05, 0.1) is 34.0 Å². The van der Waals surface area contributed by atoms with Crippen LogP contribution in [0.3, 0.4) is 0 Å². The minimum atomic E-state index is -0.658. The number of carbonyl (C=O) groups is 1. The van der Waals surface area contributed by atoms with Gasteiger partial charge in [0.15, 0.2) is 16.3 Å². The molecule has 2 aromatic carbocycles. The zero-order chi connectivity index (χ0) is 24.9. The summed E-state index contributed by atoms with van der Waals surface area (Å²) in [4.78, 5) is 31.6. The molecule has 5 rings (SSSR count). The maximum atomic E-state index is 13.7. The van der Waals surface area contributed by atoms with Gasteiger partial charge in [0, 0.05) is 6.07 Å². The van der Waals surface area contributed by atoms with Crippen molar-refractivity contribution in [1.29, 1.82) is 0 Å². The van der Waals surface area contributed by atoms with Crippen LogP contribution in [0, 0.1) is 0 Å². The highest BCUT2D eigenvalue weighted by Gasteiger charge is 2.33. The molecule has 1 aromatic heterocycles.